The summed E-state index contributed by atoms with van der Waals surface area (Å²) < 4.78 is 18.8. The van der Waals surface area contributed by atoms with Gasteiger partial charge in [-0.25, -0.2) is 0 Å². The van der Waals surface area contributed by atoms with Crippen LogP contribution in [-0.4, -0.2) is 56.6 Å². The van der Waals surface area contributed by atoms with Gasteiger partial charge in [0.05, 0.1) is 13.2 Å². The zero-order valence-corrected chi connectivity index (χ0v) is 21.2. The van der Waals surface area contributed by atoms with Gasteiger partial charge >= 0.3 is 5.97 Å². The fourth-order valence-electron chi connectivity index (χ4n) is 7.78. The Kier molecular flexibility index (Phi) is 6.84. The van der Waals surface area contributed by atoms with Crippen LogP contribution in [-0.2, 0) is 19.0 Å². The molecule has 5 nitrogen and oxygen atoms in total. The number of carbonyl (C=O) groups is 1. The number of hydrogen-bond donors (Lipinski definition) is 0. The molecule has 1 saturated heterocycles. The molecule has 4 aliphatic rings. The fraction of sp³-hybridized carbons (Fsp3) is 0.889. The highest BCUT2D eigenvalue weighted by atomic mass is 16.7. The van der Waals surface area contributed by atoms with E-state index in [1.807, 2.05) is 0 Å². The molecule has 3 unspecified atom stereocenters. The molecule has 0 N–H and O–H groups in total. The van der Waals surface area contributed by atoms with Crippen molar-refractivity contribution >= 4 is 5.97 Å². The molecule has 0 amide bonds. The number of fused-ring (bicyclic) bond motifs is 2. The molecular formula is C27H45NO4. The fourth-order valence-corrected chi connectivity index (χ4v) is 7.78. The summed E-state index contributed by atoms with van der Waals surface area (Å²) in [5.74, 6) is 1.31. The van der Waals surface area contributed by atoms with Gasteiger partial charge in [0.1, 0.15) is 6.10 Å². The molecule has 1 heterocycles. The maximum absolute atomic E-state index is 12.3. The molecule has 1 spiro atoms. The minimum atomic E-state index is -0.478. The summed E-state index contributed by atoms with van der Waals surface area (Å²) in [6.45, 7) is 11.1. The van der Waals surface area contributed by atoms with E-state index in [0.29, 0.717) is 31.0 Å². The van der Waals surface area contributed by atoms with E-state index < -0.39 is 5.79 Å². The summed E-state index contributed by atoms with van der Waals surface area (Å²) in [5.41, 5.74) is 0.0542. The Bertz CT molecular complexity index is 714. The van der Waals surface area contributed by atoms with Gasteiger partial charge in [-0.3, -0.25) is 4.79 Å². The number of ether oxygens (including phenoxy) is 3. The van der Waals surface area contributed by atoms with Gasteiger partial charge in [0.15, 0.2) is 5.79 Å². The van der Waals surface area contributed by atoms with Crippen LogP contribution in [0, 0.1) is 34.5 Å². The van der Waals surface area contributed by atoms with Crippen molar-refractivity contribution < 1.29 is 19.0 Å². The van der Waals surface area contributed by atoms with E-state index in [2.05, 4.69) is 51.9 Å². The molecular weight excluding hydrogens is 402 g/mol. The SMILES string of the molecule is CC(=O)OC1C2CCC3(OCCO3)[C@@]2(C)CCC1[C@@]1(C)CC[C@H](C)C[C@@H]1/C=C\CN(C)C. The topological polar surface area (TPSA) is 48.0 Å². The van der Waals surface area contributed by atoms with E-state index in [0.717, 1.165) is 38.1 Å². The molecule has 3 saturated carbocycles. The first kappa shape index (κ1) is 24.2. The van der Waals surface area contributed by atoms with Gasteiger partial charge in [0, 0.05) is 37.1 Å². The van der Waals surface area contributed by atoms with E-state index in [4.69, 9.17) is 14.2 Å². The highest BCUT2D eigenvalue weighted by Gasteiger charge is 2.67. The van der Waals surface area contributed by atoms with Crippen LogP contribution in [0.4, 0.5) is 0 Å². The van der Waals surface area contributed by atoms with Crippen LogP contribution in [0.5, 0.6) is 0 Å². The molecule has 3 aliphatic carbocycles. The minimum Gasteiger partial charge on any atom is -0.462 e. The van der Waals surface area contributed by atoms with Gasteiger partial charge < -0.3 is 19.1 Å². The Morgan fingerprint density at radius 3 is 2.41 bits per heavy atom. The largest absolute Gasteiger partial charge is 0.462 e. The van der Waals surface area contributed by atoms with Gasteiger partial charge in [-0.2, -0.15) is 0 Å². The Hall–Kier alpha value is -0.910. The lowest BCUT2D eigenvalue weighted by molar-refractivity contribution is -0.251. The standard InChI is InChI=1S/C27H45NO4/c1-19-9-12-25(3,21(18-19)8-7-15-28(5)6)22-10-13-26(4)23(24(22)32-20(2)29)11-14-27(26)30-16-17-31-27/h7-8,19,21-24H,9-18H2,1-6H3/b8-7-/t19-,21-,22?,23?,24?,25-,26-/m0/s1. The molecule has 5 heteroatoms. The van der Waals surface area contributed by atoms with E-state index >= 15 is 0 Å². The molecule has 0 aromatic carbocycles. The number of hydrogen-bond acceptors (Lipinski definition) is 5. The van der Waals surface area contributed by atoms with Crippen LogP contribution in [0.1, 0.15) is 72.6 Å². The zero-order chi connectivity index (χ0) is 23.1. The van der Waals surface area contributed by atoms with Crippen molar-refractivity contribution in [3.05, 3.63) is 12.2 Å². The number of nitrogens with zero attached hydrogens (tertiary/aromatic N) is 1. The lowest BCUT2D eigenvalue weighted by atomic mass is 9.51. The van der Waals surface area contributed by atoms with Gasteiger partial charge in [0.2, 0.25) is 0 Å². The van der Waals surface area contributed by atoms with E-state index in [1.165, 1.54) is 19.3 Å². The second-order valence-electron chi connectivity index (χ2n) is 11.9. The number of allylic oxidation sites excluding steroid dienone is 1. The smallest absolute Gasteiger partial charge is 0.302 e. The number of carbonyl (C=O) groups excluding carboxylic acids is 1. The quantitative estimate of drug-likeness (QED) is 0.436. The maximum Gasteiger partial charge on any atom is 0.302 e. The number of likely N-dealkylation sites (N-methyl/N-ethyl adjacent to an activating group) is 1. The van der Waals surface area contributed by atoms with Crippen molar-refractivity contribution in [2.75, 3.05) is 33.9 Å². The van der Waals surface area contributed by atoms with Crippen LogP contribution in [0.2, 0.25) is 0 Å². The van der Waals surface area contributed by atoms with E-state index in [9.17, 15) is 4.79 Å². The Labute approximate surface area is 195 Å². The second kappa shape index (κ2) is 9.03. The third-order valence-electron chi connectivity index (χ3n) is 9.66. The summed E-state index contributed by atoms with van der Waals surface area (Å²) in [5, 5.41) is 0. The van der Waals surface area contributed by atoms with Crippen molar-refractivity contribution in [3.8, 4) is 0 Å². The summed E-state index contributed by atoms with van der Waals surface area (Å²) in [4.78, 5) is 14.5. The number of rotatable bonds is 5. The van der Waals surface area contributed by atoms with Crippen LogP contribution in [0.15, 0.2) is 12.2 Å². The maximum atomic E-state index is 12.3. The molecule has 0 radical (unpaired) electrons. The van der Waals surface area contributed by atoms with Crippen LogP contribution >= 0.6 is 0 Å². The normalized spacial score (nSPS) is 43.8. The first-order valence-corrected chi connectivity index (χ1v) is 12.9. The molecule has 0 bridgehead atoms. The van der Waals surface area contributed by atoms with E-state index in [-0.39, 0.29) is 22.9 Å². The summed E-state index contributed by atoms with van der Waals surface area (Å²) in [7, 11) is 4.24. The summed E-state index contributed by atoms with van der Waals surface area (Å²) in [6, 6.07) is 0. The molecule has 7 atom stereocenters. The third kappa shape index (κ3) is 4.07. The van der Waals surface area contributed by atoms with Crippen LogP contribution in [0.25, 0.3) is 0 Å². The molecule has 1 aliphatic heterocycles. The Morgan fingerprint density at radius 1 is 1.06 bits per heavy atom. The van der Waals surface area contributed by atoms with Crippen molar-refractivity contribution in [1.29, 1.82) is 0 Å². The number of esters is 1. The average molecular weight is 448 g/mol. The molecule has 0 aromatic rings. The van der Waals surface area contributed by atoms with Gasteiger partial charge in [0.25, 0.3) is 0 Å². The predicted molar refractivity (Wildman–Crippen MR) is 126 cm³/mol. The molecule has 4 fully saturated rings. The van der Waals surface area contributed by atoms with Crippen molar-refractivity contribution in [2.45, 2.75) is 84.5 Å². The monoisotopic (exact) mass is 447 g/mol. The lowest BCUT2D eigenvalue weighted by Gasteiger charge is -2.57. The average Bonchev–Trinajstić information content (AvgIpc) is 3.31. The van der Waals surface area contributed by atoms with Crippen LogP contribution in [0.3, 0.4) is 0 Å². The molecule has 32 heavy (non-hydrogen) atoms. The van der Waals surface area contributed by atoms with Gasteiger partial charge in [-0.15, -0.1) is 0 Å². The summed E-state index contributed by atoms with van der Waals surface area (Å²) >= 11 is 0. The molecule has 4 rings (SSSR count). The second-order valence-corrected chi connectivity index (χ2v) is 11.9. The first-order valence-electron chi connectivity index (χ1n) is 12.9. The van der Waals surface area contributed by atoms with Gasteiger partial charge in [-0.05, 0) is 63.5 Å². The van der Waals surface area contributed by atoms with E-state index in [1.54, 1.807) is 6.92 Å². The zero-order valence-electron chi connectivity index (χ0n) is 21.2. The highest BCUT2D eigenvalue weighted by molar-refractivity contribution is 5.66. The lowest BCUT2D eigenvalue weighted by Crippen LogP contribution is -2.57. The Morgan fingerprint density at radius 2 is 1.75 bits per heavy atom. The molecule has 182 valence electrons. The third-order valence-corrected chi connectivity index (χ3v) is 9.66. The van der Waals surface area contributed by atoms with Gasteiger partial charge in [-0.1, -0.05) is 39.3 Å². The minimum absolute atomic E-state index is 0.0541. The van der Waals surface area contributed by atoms with Crippen molar-refractivity contribution in [1.82, 2.24) is 4.90 Å². The molecule has 0 aromatic heterocycles. The summed E-state index contributed by atoms with van der Waals surface area (Å²) in [6.07, 6.45) is 12.5. The Balaban J connectivity index is 1.65. The predicted octanol–water partition coefficient (Wildman–Crippen LogP) is 5.05. The van der Waals surface area contributed by atoms with Crippen molar-refractivity contribution in [2.24, 2.45) is 34.5 Å². The highest BCUT2D eigenvalue weighted by Crippen LogP contribution is 2.65. The van der Waals surface area contributed by atoms with Crippen LogP contribution < -0.4 is 0 Å². The van der Waals surface area contributed by atoms with Crippen molar-refractivity contribution in [3.63, 3.8) is 0 Å². The first-order chi connectivity index (χ1) is 15.1.